The van der Waals surface area contributed by atoms with E-state index in [0.717, 1.165) is 22.5 Å². The highest BCUT2D eigenvalue weighted by molar-refractivity contribution is 5.81. The second kappa shape index (κ2) is 4.07. The van der Waals surface area contributed by atoms with E-state index in [-0.39, 0.29) is 5.82 Å². The van der Waals surface area contributed by atoms with Gasteiger partial charge in [0.15, 0.2) is 0 Å². The van der Waals surface area contributed by atoms with Gasteiger partial charge in [0.2, 0.25) is 0 Å². The van der Waals surface area contributed by atoms with Crippen molar-refractivity contribution in [1.29, 1.82) is 0 Å². The van der Waals surface area contributed by atoms with Crippen molar-refractivity contribution in [2.45, 2.75) is 18.8 Å². The number of fused-ring (bicyclic) bond motifs is 1. The van der Waals surface area contributed by atoms with Crippen molar-refractivity contribution in [3.05, 3.63) is 54.1 Å². The van der Waals surface area contributed by atoms with Gasteiger partial charge in [0.25, 0.3) is 0 Å². The van der Waals surface area contributed by atoms with Gasteiger partial charge < -0.3 is 5.73 Å². The highest BCUT2D eigenvalue weighted by atomic mass is 19.1. The number of aromatic nitrogens is 2. The summed E-state index contributed by atoms with van der Waals surface area (Å²) in [6, 6.07) is 12.3. The van der Waals surface area contributed by atoms with Gasteiger partial charge in [-0.25, -0.2) is 9.37 Å². The lowest BCUT2D eigenvalue weighted by Crippen LogP contribution is -1.99. The van der Waals surface area contributed by atoms with Crippen molar-refractivity contribution >= 4 is 16.7 Å². The molecule has 4 rings (SSSR count). The molecule has 1 saturated carbocycles. The average molecular weight is 267 g/mol. The molecule has 1 aliphatic carbocycles. The van der Waals surface area contributed by atoms with E-state index in [1.165, 1.54) is 25.0 Å². The Morgan fingerprint density at radius 1 is 1.10 bits per heavy atom. The summed E-state index contributed by atoms with van der Waals surface area (Å²) in [5.41, 5.74) is 9.41. The van der Waals surface area contributed by atoms with Crippen LogP contribution in [0.15, 0.2) is 42.5 Å². The summed E-state index contributed by atoms with van der Waals surface area (Å²) < 4.78 is 15.2. The predicted molar refractivity (Wildman–Crippen MR) is 77.4 cm³/mol. The molecule has 3 nitrogen and oxygen atoms in total. The Hall–Kier alpha value is -2.36. The molecule has 3 aromatic rings. The maximum Gasteiger partial charge on any atom is 0.123 e. The van der Waals surface area contributed by atoms with Crippen LogP contribution in [0.25, 0.3) is 16.7 Å². The maximum absolute atomic E-state index is 13.1. The third-order valence-electron chi connectivity index (χ3n) is 3.73. The summed E-state index contributed by atoms with van der Waals surface area (Å²) >= 11 is 0. The molecule has 2 N–H and O–H groups in total. The molecular formula is C16H14FN3. The van der Waals surface area contributed by atoms with Crippen LogP contribution in [0.2, 0.25) is 0 Å². The van der Waals surface area contributed by atoms with Crippen LogP contribution in [0.4, 0.5) is 10.1 Å². The number of nitrogens with zero attached hydrogens (tertiary/aromatic N) is 2. The lowest BCUT2D eigenvalue weighted by Gasteiger charge is -2.08. The largest absolute Gasteiger partial charge is 0.399 e. The van der Waals surface area contributed by atoms with Crippen molar-refractivity contribution < 1.29 is 4.39 Å². The Morgan fingerprint density at radius 3 is 2.55 bits per heavy atom. The number of nitrogen functional groups attached to an aromatic ring is 1. The fourth-order valence-electron chi connectivity index (χ4n) is 2.59. The van der Waals surface area contributed by atoms with Crippen LogP contribution in [-0.4, -0.2) is 9.55 Å². The van der Waals surface area contributed by atoms with Crippen LogP contribution in [-0.2, 0) is 0 Å². The number of anilines is 1. The standard InChI is InChI=1S/C16H14FN3/c17-11-3-6-13(7-4-11)20-15-8-5-12(18)9-14(15)19-16(20)10-1-2-10/h3-10H,1-2,18H2. The fourth-order valence-corrected chi connectivity index (χ4v) is 2.59. The molecule has 1 aliphatic rings. The minimum atomic E-state index is -0.226. The van der Waals surface area contributed by atoms with E-state index < -0.39 is 0 Å². The molecule has 0 unspecified atom stereocenters. The Morgan fingerprint density at radius 2 is 1.85 bits per heavy atom. The van der Waals surface area contributed by atoms with Crippen LogP contribution in [0.3, 0.4) is 0 Å². The number of nitrogens with two attached hydrogens (primary N) is 1. The van der Waals surface area contributed by atoms with Crippen molar-refractivity contribution in [2.75, 3.05) is 5.73 Å². The normalized spacial score (nSPS) is 14.8. The van der Waals surface area contributed by atoms with Crippen LogP contribution < -0.4 is 5.73 Å². The van der Waals surface area contributed by atoms with Gasteiger partial charge in [-0.3, -0.25) is 4.57 Å². The lowest BCUT2D eigenvalue weighted by atomic mass is 10.2. The molecule has 0 atom stereocenters. The average Bonchev–Trinajstić information content (AvgIpc) is 3.21. The van der Waals surface area contributed by atoms with Crippen molar-refractivity contribution in [3.63, 3.8) is 0 Å². The molecular weight excluding hydrogens is 253 g/mol. The highest BCUT2D eigenvalue weighted by Gasteiger charge is 2.30. The van der Waals surface area contributed by atoms with Crippen LogP contribution in [0.1, 0.15) is 24.6 Å². The third-order valence-corrected chi connectivity index (χ3v) is 3.73. The first kappa shape index (κ1) is 11.5. The molecule has 1 aromatic heterocycles. The van der Waals surface area contributed by atoms with E-state index in [9.17, 15) is 4.39 Å². The minimum Gasteiger partial charge on any atom is -0.399 e. The molecule has 1 heterocycles. The summed E-state index contributed by atoms with van der Waals surface area (Å²) in [6.07, 6.45) is 2.33. The Bertz CT molecular complexity index is 785. The second-order valence-corrected chi connectivity index (χ2v) is 5.30. The van der Waals surface area contributed by atoms with Gasteiger partial charge in [-0.15, -0.1) is 0 Å². The van der Waals surface area contributed by atoms with E-state index in [2.05, 4.69) is 4.57 Å². The van der Waals surface area contributed by atoms with Gasteiger partial charge >= 0.3 is 0 Å². The zero-order valence-corrected chi connectivity index (χ0v) is 10.9. The topological polar surface area (TPSA) is 43.8 Å². The van der Waals surface area contributed by atoms with Gasteiger partial charge in [0, 0.05) is 17.3 Å². The first-order valence-electron chi connectivity index (χ1n) is 6.76. The third kappa shape index (κ3) is 1.76. The summed E-state index contributed by atoms with van der Waals surface area (Å²) in [4.78, 5) is 4.72. The highest BCUT2D eigenvalue weighted by Crippen LogP contribution is 2.41. The Labute approximate surface area is 115 Å². The summed E-state index contributed by atoms with van der Waals surface area (Å²) in [5.74, 6) is 1.33. The number of rotatable bonds is 2. The SMILES string of the molecule is Nc1ccc2c(c1)nc(C1CC1)n2-c1ccc(F)cc1. The number of halogens is 1. The number of hydrogen-bond acceptors (Lipinski definition) is 2. The molecule has 4 heteroatoms. The Balaban J connectivity index is 2.00. The smallest absolute Gasteiger partial charge is 0.123 e. The second-order valence-electron chi connectivity index (χ2n) is 5.30. The zero-order valence-electron chi connectivity index (χ0n) is 10.9. The van der Waals surface area contributed by atoms with Crippen molar-refractivity contribution in [1.82, 2.24) is 9.55 Å². The number of imidazole rings is 1. The molecule has 100 valence electrons. The van der Waals surface area contributed by atoms with E-state index in [1.54, 1.807) is 12.1 Å². The quantitative estimate of drug-likeness (QED) is 0.721. The zero-order chi connectivity index (χ0) is 13.7. The van der Waals surface area contributed by atoms with Gasteiger partial charge in [-0.1, -0.05) is 0 Å². The molecule has 20 heavy (non-hydrogen) atoms. The van der Waals surface area contributed by atoms with E-state index in [4.69, 9.17) is 10.7 Å². The fraction of sp³-hybridized carbons (Fsp3) is 0.188. The Kier molecular flexibility index (Phi) is 2.33. The van der Waals surface area contributed by atoms with Crippen LogP contribution >= 0.6 is 0 Å². The molecule has 0 spiro atoms. The molecule has 2 aromatic carbocycles. The lowest BCUT2D eigenvalue weighted by molar-refractivity contribution is 0.627. The van der Waals surface area contributed by atoms with Gasteiger partial charge in [-0.2, -0.15) is 0 Å². The summed E-state index contributed by atoms with van der Waals surface area (Å²) in [5, 5.41) is 0. The van der Waals surface area contributed by atoms with E-state index in [0.29, 0.717) is 11.6 Å². The van der Waals surface area contributed by atoms with Crippen LogP contribution in [0, 0.1) is 5.82 Å². The van der Waals surface area contributed by atoms with Crippen molar-refractivity contribution in [2.24, 2.45) is 0 Å². The first-order valence-corrected chi connectivity index (χ1v) is 6.76. The minimum absolute atomic E-state index is 0.226. The maximum atomic E-state index is 13.1. The van der Waals surface area contributed by atoms with Gasteiger partial charge in [0.1, 0.15) is 11.6 Å². The molecule has 0 bridgehead atoms. The summed E-state index contributed by atoms with van der Waals surface area (Å²) in [7, 11) is 0. The van der Waals surface area contributed by atoms with E-state index >= 15 is 0 Å². The molecule has 0 radical (unpaired) electrons. The number of benzene rings is 2. The number of hydrogen-bond donors (Lipinski definition) is 1. The van der Waals surface area contributed by atoms with Gasteiger partial charge in [0.05, 0.1) is 11.0 Å². The molecule has 0 amide bonds. The van der Waals surface area contributed by atoms with Crippen molar-refractivity contribution in [3.8, 4) is 5.69 Å². The summed E-state index contributed by atoms with van der Waals surface area (Å²) in [6.45, 7) is 0. The van der Waals surface area contributed by atoms with E-state index in [1.807, 2.05) is 18.2 Å². The molecule has 1 fully saturated rings. The monoisotopic (exact) mass is 267 g/mol. The molecule has 0 aliphatic heterocycles. The van der Waals surface area contributed by atoms with Gasteiger partial charge in [-0.05, 0) is 55.3 Å². The molecule has 0 saturated heterocycles. The predicted octanol–water partition coefficient (Wildman–Crippen LogP) is 3.62. The first-order chi connectivity index (χ1) is 9.72. The van der Waals surface area contributed by atoms with Crippen LogP contribution in [0.5, 0.6) is 0 Å².